The molecule has 0 amide bonds. The zero-order valence-corrected chi connectivity index (χ0v) is 9.10. The number of ether oxygens (including phenoxy) is 1. The lowest BCUT2D eigenvalue weighted by atomic mass is 10.0. The Balaban J connectivity index is 3.27. The molecule has 84 valence electrons. The van der Waals surface area contributed by atoms with Crippen LogP contribution in [0.25, 0.3) is 0 Å². The van der Waals surface area contributed by atoms with Gasteiger partial charge >= 0.3 is 0 Å². The van der Waals surface area contributed by atoms with Gasteiger partial charge in [-0.15, -0.1) is 0 Å². The minimum atomic E-state index is -2.89. The molecule has 15 heavy (non-hydrogen) atoms. The molecule has 0 aliphatic rings. The van der Waals surface area contributed by atoms with E-state index in [9.17, 15) is 8.78 Å². The largest absolute Gasteiger partial charge is 0.496 e. The molecule has 0 saturated heterocycles. The van der Waals surface area contributed by atoms with Crippen LogP contribution in [0.5, 0.6) is 5.75 Å². The molecule has 0 bridgehead atoms. The van der Waals surface area contributed by atoms with Crippen molar-refractivity contribution in [1.82, 2.24) is 5.32 Å². The molecular weight excluding hydrogens is 200 g/mol. The molecule has 0 spiro atoms. The fourth-order valence-corrected chi connectivity index (χ4v) is 1.58. The molecule has 2 nitrogen and oxygen atoms in total. The summed E-state index contributed by atoms with van der Waals surface area (Å²) >= 11 is 0. The second-order valence-corrected chi connectivity index (χ2v) is 3.41. The van der Waals surface area contributed by atoms with E-state index in [-0.39, 0.29) is 11.3 Å². The smallest absolute Gasteiger partial charge is 0.274 e. The minimum absolute atomic E-state index is 0.0400. The van der Waals surface area contributed by atoms with Crippen molar-refractivity contribution in [2.24, 2.45) is 0 Å². The van der Waals surface area contributed by atoms with Gasteiger partial charge in [-0.2, -0.15) is 0 Å². The van der Waals surface area contributed by atoms with E-state index in [0.717, 1.165) is 6.92 Å². The number of alkyl halides is 2. The summed E-state index contributed by atoms with van der Waals surface area (Å²) in [6.07, 6.45) is 0. The average Bonchev–Trinajstić information content (AvgIpc) is 2.16. The SMILES string of the molecule is CNCc1cccc(OC)c1C(C)(F)F. The summed E-state index contributed by atoms with van der Waals surface area (Å²) in [4.78, 5) is 0. The van der Waals surface area contributed by atoms with Crippen molar-refractivity contribution in [2.75, 3.05) is 14.2 Å². The van der Waals surface area contributed by atoms with Gasteiger partial charge in [0.25, 0.3) is 5.92 Å². The van der Waals surface area contributed by atoms with Gasteiger partial charge in [0.2, 0.25) is 0 Å². The predicted octanol–water partition coefficient (Wildman–Crippen LogP) is 2.53. The van der Waals surface area contributed by atoms with Gasteiger partial charge in [0.1, 0.15) is 5.75 Å². The fourth-order valence-electron chi connectivity index (χ4n) is 1.58. The minimum Gasteiger partial charge on any atom is -0.496 e. The predicted molar refractivity (Wildman–Crippen MR) is 55.3 cm³/mol. The number of methoxy groups -OCH3 is 1. The summed E-state index contributed by atoms with van der Waals surface area (Å²) < 4.78 is 31.7. The number of halogens is 2. The molecule has 0 aromatic heterocycles. The Labute approximate surface area is 88.3 Å². The van der Waals surface area contributed by atoms with Gasteiger partial charge in [0, 0.05) is 13.5 Å². The highest BCUT2D eigenvalue weighted by atomic mass is 19.3. The zero-order chi connectivity index (χ0) is 11.5. The van der Waals surface area contributed by atoms with Gasteiger partial charge in [-0.25, -0.2) is 8.78 Å². The Morgan fingerprint density at radius 2 is 2.07 bits per heavy atom. The molecule has 0 atom stereocenters. The fraction of sp³-hybridized carbons (Fsp3) is 0.455. The molecule has 0 unspecified atom stereocenters. The van der Waals surface area contributed by atoms with Crippen LogP contribution in [0.4, 0.5) is 8.78 Å². The lowest BCUT2D eigenvalue weighted by molar-refractivity contribution is 0.0140. The van der Waals surface area contributed by atoms with Crippen molar-refractivity contribution in [1.29, 1.82) is 0 Å². The number of rotatable bonds is 4. The topological polar surface area (TPSA) is 21.3 Å². The number of benzene rings is 1. The third-order valence-corrected chi connectivity index (χ3v) is 2.14. The van der Waals surface area contributed by atoms with Gasteiger partial charge in [-0.3, -0.25) is 0 Å². The Kier molecular flexibility index (Phi) is 3.63. The summed E-state index contributed by atoms with van der Waals surface area (Å²) in [7, 11) is 3.12. The summed E-state index contributed by atoms with van der Waals surface area (Å²) in [5, 5.41) is 2.86. The maximum atomic E-state index is 13.4. The lowest BCUT2D eigenvalue weighted by Crippen LogP contribution is -2.16. The maximum absolute atomic E-state index is 13.4. The molecule has 0 fully saturated rings. The molecule has 0 aliphatic carbocycles. The standard InChI is InChI=1S/C11H15F2NO/c1-11(12,13)10-8(7-14-2)5-4-6-9(10)15-3/h4-6,14H,7H2,1-3H3. The average molecular weight is 215 g/mol. The molecule has 0 aliphatic heterocycles. The van der Waals surface area contributed by atoms with Gasteiger partial charge in [0.15, 0.2) is 0 Å². The Bertz CT molecular complexity index is 334. The quantitative estimate of drug-likeness (QED) is 0.833. The van der Waals surface area contributed by atoms with Crippen LogP contribution in [0.2, 0.25) is 0 Å². The number of hydrogen-bond acceptors (Lipinski definition) is 2. The van der Waals surface area contributed by atoms with Gasteiger partial charge in [-0.05, 0) is 18.7 Å². The molecule has 1 N–H and O–H groups in total. The first-order chi connectivity index (χ1) is 7.00. The lowest BCUT2D eigenvalue weighted by Gasteiger charge is -2.18. The van der Waals surface area contributed by atoms with Crippen LogP contribution in [-0.4, -0.2) is 14.2 Å². The maximum Gasteiger partial charge on any atom is 0.274 e. The van der Waals surface area contributed by atoms with Gasteiger partial charge < -0.3 is 10.1 Å². The molecule has 1 aromatic carbocycles. The second kappa shape index (κ2) is 4.57. The monoisotopic (exact) mass is 215 g/mol. The normalized spacial score (nSPS) is 11.5. The second-order valence-electron chi connectivity index (χ2n) is 3.41. The van der Waals surface area contributed by atoms with E-state index in [1.807, 2.05) is 0 Å². The summed E-state index contributed by atoms with van der Waals surface area (Å²) in [5.74, 6) is -2.66. The van der Waals surface area contributed by atoms with Crippen molar-refractivity contribution in [3.05, 3.63) is 29.3 Å². The van der Waals surface area contributed by atoms with Crippen molar-refractivity contribution in [3.63, 3.8) is 0 Å². The van der Waals surface area contributed by atoms with Crippen molar-refractivity contribution < 1.29 is 13.5 Å². The van der Waals surface area contributed by atoms with E-state index < -0.39 is 5.92 Å². The van der Waals surface area contributed by atoms with Crippen LogP contribution in [0.15, 0.2) is 18.2 Å². The number of hydrogen-bond donors (Lipinski definition) is 1. The van der Waals surface area contributed by atoms with E-state index in [4.69, 9.17) is 4.74 Å². The van der Waals surface area contributed by atoms with Crippen LogP contribution in [0.1, 0.15) is 18.1 Å². The summed E-state index contributed by atoms with van der Waals surface area (Å²) in [6.45, 7) is 1.28. The Hall–Kier alpha value is -1.16. The van der Waals surface area contributed by atoms with Crippen LogP contribution in [-0.2, 0) is 12.5 Å². The van der Waals surface area contributed by atoms with Gasteiger partial charge in [-0.1, -0.05) is 12.1 Å². The molecule has 0 saturated carbocycles. The van der Waals surface area contributed by atoms with Crippen LogP contribution < -0.4 is 10.1 Å². The highest BCUT2D eigenvalue weighted by Gasteiger charge is 2.31. The Morgan fingerprint density at radius 1 is 1.40 bits per heavy atom. The molecular formula is C11H15F2NO. The van der Waals surface area contributed by atoms with E-state index in [2.05, 4.69) is 5.32 Å². The molecule has 1 rings (SSSR count). The summed E-state index contributed by atoms with van der Waals surface area (Å²) in [5.41, 5.74) is 0.520. The molecule has 4 heteroatoms. The first kappa shape index (κ1) is 11.9. The summed E-state index contributed by atoms with van der Waals surface area (Å²) in [6, 6.07) is 4.93. The highest BCUT2D eigenvalue weighted by Crippen LogP contribution is 2.36. The van der Waals surface area contributed by atoms with Crippen LogP contribution >= 0.6 is 0 Å². The van der Waals surface area contributed by atoms with Crippen molar-refractivity contribution in [2.45, 2.75) is 19.4 Å². The van der Waals surface area contributed by atoms with E-state index in [1.165, 1.54) is 7.11 Å². The Morgan fingerprint density at radius 3 is 2.53 bits per heavy atom. The highest BCUT2D eigenvalue weighted by molar-refractivity contribution is 5.43. The van der Waals surface area contributed by atoms with Crippen molar-refractivity contribution >= 4 is 0 Å². The van der Waals surface area contributed by atoms with E-state index >= 15 is 0 Å². The third kappa shape index (κ3) is 2.65. The van der Waals surface area contributed by atoms with Gasteiger partial charge in [0.05, 0.1) is 12.7 Å². The van der Waals surface area contributed by atoms with E-state index in [1.54, 1.807) is 25.2 Å². The zero-order valence-electron chi connectivity index (χ0n) is 9.10. The van der Waals surface area contributed by atoms with Crippen LogP contribution in [0.3, 0.4) is 0 Å². The van der Waals surface area contributed by atoms with E-state index in [0.29, 0.717) is 12.1 Å². The van der Waals surface area contributed by atoms with Crippen LogP contribution in [0, 0.1) is 0 Å². The number of nitrogens with one attached hydrogen (secondary N) is 1. The first-order valence-corrected chi connectivity index (χ1v) is 4.69. The molecule has 1 aromatic rings. The first-order valence-electron chi connectivity index (χ1n) is 4.69. The molecule has 0 heterocycles. The molecule has 0 radical (unpaired) electrons. The third-order valence-electron chi connectivity index (χ3n) is 2.14. The van der Waals surface area contributed by atoms with Crippen molar-refractivity contribution in [3.8, 4) is 5.75 Å².